The third kappa shape index (κ3) is 3.86. The standard InChI is InChI=1S/C17H20N2O5/c1-12(17(21)19-6-8-22-9-7-19)18-16(20)5-3-13-2-4-14-15(10-13)24-11-23-14/h2-5,10,12H,6-9,11H2,1H3,(H,18,20)/b5-3-/t12-/m1/s1. The first-order chi connectivity index (χ1) is 11.6. The molecule has 2 aliphatic heterocycles. The van der Waals surface area contributed by atoms with Crippen LogP contribution < -0.4 is 14.8 Å². The monoisotopic (exact) mass is 332 g/mol. The summed E-state index contributed by atoms with van der Waals surface area (Å²) in [7, 11) is 0. The predicted octanol–water partition coefficient (Wildman–Crippen LogP) is 0.792. The van der Waals surface area contributed by atoms with Crippen molar-refractivity contribution in [2.75, 3.05) is 33.1 Å². The Labute approximate surface area is 140 Å². The van der Waals surface area contributed by atoms with Crippen LogP contribution in [0.3, 0.4) is 0 Å². The van der Waals surface area contributed by atoms with Crippen LogP contribution in [0.2, 0.25) is 0 Å². The lowest BCUT2D eigenvalue weighted by molar-refractivity contribution is -0.138. The van der Waals surface area contributed by atoms with Crippen molar-refractivity contribution < 1.29 is 23.8 Å². The highest BCUT2D eigenvalue weighted by molar-refractivity contribution is 5.95. The first kappa shape index (κ1) is 16.3. The maximum Gasteiger partial charge on any atom is 0.245 e. The third-order valence-electron chi connectivity index (χ3n) is 3.88. The van der Waals surface area contributed by atoms with E-state index in [1.807, 2.05) is 6.07 Å². The summed E-state index contributed by atoms with van der Waals surface area (Å²) >= 11 is 0. The molecular weight excluding hydrogens is 312 g/mol. The molecule has 3 rings (SSSR count). The van der Waals surface area contributed by atoms with Gasteiger partial charge in [0.1, 0.15) is 6.04 Å². The number of amides is 2. The molecule has 1 atom stereocenters. The second kappa shape index (κ2) is 7.35. The van der Waals surface area contributed by atoms with E-state index in [0.717, 1.165) is 5.56 Å². The second-order valence-electron chi connectivity index (χ2n) is 5.61. The maximum atomic E-state index is 12.2. The molecule has 7 heteroatoms. The number of nitrogens with one attached hydrogen (secondary N) is 1. The van der Waals surface area contributed by atoms with Gasteiger partial charge in [0.05, 0.1) is 13.2 Å². The van der Waals surface area contributed by atoms with Crippen LogP contribution in [-0.2, 0) is 14.3 Å². The van der Waals surface area contributed by atoms with Crippen LogP contribution in [0.1, 0.15) is 12.5 Å². The van der Waals surface area contributed by atoms with Gasteiger partial charge in [-0.15, -0.1) is 0 Å². The lowest BCUT2D eigenvalue weighted by Crippen LogP contribution is -2.50. The third-order valence-corrected chi connectivity index (χ3v) is 3.88. The van der Waals surface area contributed by atoms with E-state index in [-0.39, 0.29) is 18.6 Å². The fourth-order valence-corrected chi connectivity index (χ4v) is 2.57. The highest BCUT2D eigenvalue weighted by Crippen LogP contribution is 2.32. The van der Waals surface area contributed by atoms with E-state index in [1.54, 1.807) is 30.0 Å². The smallest absolute Gasteiger partial charge is 0.245 e. The van der Waals surface area contributed by atoms with Gasteiger partial charge in [-0.05, 0) is 30.7 Å². The molecule has 128 valence electrons. The summed E-state index contributed by atoms with van der Waals surface area (Å²) < 4.78 is 15.7. The molecule has 0 aliphatic carbocycles. The van der Waals surface area contributed by atoms with Crippen molar-refractivity contribution in [3.8, 4) is 11.5 Å². The van der Waals surface area contributed by atoms with E-state index in [4.69, 9.17) is 14.2 Å². The zero-order valence-corrected chi connectivity index (χ0v) is 13.5. The van der Waals surface area contributed by atoms with E-state index >= 15 is 0 Å². The van der Waals surface area contributed by atoms with E-state index in [0.29, 0.717) is 37.8 Å². The Morgan fingerprint density at radius 3 is 2.75 bits per heavy atom. The number of nitrogens with zero attached hydrogens (tertiary/aromatic N) is 1. The molecule has 0 radical (unpaired) electrons. The second-order valence-corrected chi connectivity index (χ2v) is 5.61. The van der Waals surface area contributed by atoms with Crippen molar-refractivity contribution >= 4 is 17.9 Å². The fraction of sp³-hybridized carbons (Fsp3) is 0.412. The summed E-state index contributed by atoms with van der Waals surface area (Å²) in [5.74, 6) is 0.944. The van der Waals surface area contributed by atoms with Crippen molar-refractivity contribution in [3.63, 3.8) is 0 Å². The largest absolute Gasteiger partial charge is 0.454 e. The summed E-state index contributed by atoms with van der Waals surface area (Å²) in [4.78, 5) is 25.9. The van der Waals surface area contributed by atoms with Crippen molar-refractivity contribution in [1.82, 2.24) is 10.2 Å². The average Bonchev–Trinajstić information content (AvgIpc) is 3.07. The Hall–Kier alpha value is -2.54. The normalized spacial score (nSPS) is 17.8. The topological polar surface area (TPSA) is 77.1 Å². The van der Waals surface area contributed by atoms with Gasteiger partial charge in [-0.3, -0.25) is 9.59 Å². The molecule has 0 spiro atoms. The number of hydrogen-bond acceptors (Lipinski definition) is 5. The summed E-state index contributed by atoms with van der Waals surface area (Å²) in [6.45, 7) is 4.10. The molecular formula is C17H20N2O5. The van der Waals surface area contributed by atoms with Gasteiger partial charge < -0.3 is 24.4 Å². The number of carbonyl (C=O) groups excluding carboxylic acids is 2. The number of benzene rings is 1. The summed E-state index contributed by atoms with van der Waals surface area (Å²) in [6, 6.07) is 4.86. The molecule has 7 nitrogen and oxygen atoms in total. The Bertz CT molecular complexity index is 652. The lowest BCUT2D eigenvalue weighted by Gasteiger charge is -2.29. The van der Waals surface area contributed by atoms with Crippen molar-refractivity contribution in [2.45, 2.75) is 13.0 Å². The number of fused-ring (bicyclic) bond motifs is 1. The van der Waals surface area contributed by atoms with Gasteiger partial charge in [-0.1, -0.05) is 6.07 Å². The first-order valence-electron chi connectivity index (χ1n) is 7.88. The number of rotatable bonds is 4. The number of morpholine rings is 1. The maximum absolute atomic E-state index is 12.2. The minimum Gasteiger partial charge on any atom is -0.454 e. The van der Waals surface area contributed by atoms with E-state index in [2.05, 4.69) is 5.32 Å². The minimum absolute atomic E-state index is 0.0943. The zero-order valence-electron chi connectivity index (χ0n) is 13.5. The molecule has 2 amide bonds. The van der Waals surface area contributed by atoms with Gasteiger partial charge in [0.2, 0.25) is 18.6 Å². The molecule has 1 saturated heterocycles. The molecule has 1 aromatic carbocycles. The Kier molecular flexibility index (Phi) is 5.00. The van der Waals surface area contributed by atoms with Crippen molar-refractivity contribution in [3.05, 3.63) is 29.8 Å². The fourth-order valence-electron chi connectivity index (χ4n) is 2.57. The highest BCUT2D eigenvalue weighted by Gasteiger charge is 2.23. The van der Waals surface area contributed by atoms with E-state index in [1.165, 1.54) is 6.08 Å². The van der Waals surface area contributed by atoms with E-state index in [9.17, 15) is 9.59 Å². The van der Waals surface area contributed by atoms with Crippen LogP contribution in [-0.4, -0.2) is 55.9 Å². The SMILES string of the molecule is C[C@@H](NC(=O)/C=C\c1ccc2c(c1)OCO2)C(=O)N1CCOCC1. The van der Waals surface area contributed by atoms with E-state index < -0.39 is 6.04 Å². The molecule has 1 aromatic rings. The average molecular weight is 332 g/mol. The first-order valence-corrected chi connectivity index (χ1v) is 7.88. The molecule has 0 saturated carbocycles. The Morgan fingerprint density at radius 2 is 1.96 bits per heavy atom. The number of hydrogen-bond donors (Lipinski definition) is 1. The van der Waals surface area contributed by atoms with Crippen molar-refractivity contribution in [1.29, 1.82) is 0 Å². The molecule has 2 aliphatic rings. The van der Waals surface area contributed by atoms with Gasteiger partial charge in [0.15, 0.2) is 11.5 Å². The van der Waals surface area contributed by atoms with Crippen LogP contribution in [0.15, 0.2) is 24.3 Å². The molecule has 2 heterocycles. The van der Waals surface area contributed by atoms with Crippen LogP contribution in [0.4, 0.5) is 0 Å². The minimum atomic E-state index is -0.572. The molecule has 0 unspecified atom stereocenters. The van der Waals surface area contributed by atoms with Gasteiger partial charge in [-0.2, -0.15) is 0 Å². The van der Waals surface area contributed by atoms with Crippen LogP contribution in [0.25, 0.3) is 6.08 Å². The number of ether oxygens (including phenoxy) is 3. The molecule has 1 fully saturated rings. The van der Waals surface area contributed by atoms with Gasteiger partial charge in [0, 0.05) is 19.2 Å². The quantitative estimate of drug-likeness (QED) is 0.825. The molecule has 0 bridgehead atoms. The van der Waals surface area contributed by atoms with Gasteiger partial charge >= 0.3 is 0 Å². The lowest BCUT2D eigenvalue weighted by atomic mass is 10.2. The van der Waals surface area contributed by atoms with Crippen LogP contribution in [0.5, 0.6) is 11.5 Å². The molecule has 1 N–H and O–H groups in total. The number of carbonyl (C=O) groups is 2. The van der Waals surface area contributed by atoms with Crippen LogP contribution in [0, 0.1) is 0 Å². The zero-order chi connectivity index (χ0) is 16.9. The molecule has 24 heavy (non-hydrogen) atoms. The van der Waals surface area contributed by atoms with Gasteiger partial charge in [-0.25, -0.2) is 0 Å². The summed E-state index contributed by atoms with van der Waals surface area (Å²) in [6.07, 6.45) is 3.07. The summed E-state index contributed by atoms with van der Waals surface area (Å²) in [5, 5.41) is 2.69. The highest BCUT2D eigenvalue weighted by atomic mass is 16.7. The van der Waals surface area contributed by atoms with Gasteiger partial charge in [0.25, 0.3) is 0 Å². The van der Waals surface area contributed by atoms with Crippen molar-refractivity contribution in [2.24, 2.45) is 0 Å². The Morgan fingerprint density at radius 1 is 1.21 bits per heavy atom. The Balaban J connectivity index is 1.53. The summed E-state index contributed by atoms with van der Waals surface area (Å²) in [5.41, 5.74) is 0.821. The van der Waals surface area contributed by atoms with Crippen LogP contribution >= 0.6 is 0 Å². The molecule has 0 aromatic heterocycles. The predicted molar refractivity (Wildman–Crippen MR) is 86.6 cm³/mol.